The molecule has 0 spiro atoms. The zero-order valence-corrected chi connectivity index (χ0v) is 22.0. The van der Waals surface area contributed by atoms with Gasteiger partial charge in [0, 0.05) is 27.2 Å². The second-order valence-corrected chi connectivity index (χ2v) is 9.49. The van der Waals surface area contributed by atoms with E-state index in [1.54, 1.807) is 42.7 Å². The van der Waals surface area contributed by atoms with Crippen LogP contribution in [0, 0.1) is 27.7 Å². The van der Waals surface area contributed by atoms with Gasteiger partial charge in [0.1, 0.15) is 16.3 Å². The first kappa shape index (κ1) is 25.2. The fourth-order valence-corrected chi connectivity index (χ4v) is 5.30. The average Bonchev–Trinajstić information content (AvgIpc) is 3.47. The number of esters is 1. The van der Waals surface area contributed by atoms with Crippen LogP contribution in [0.3, 0.4) is 0 Å². The highest BCUT2D eigenvalue weighted by molar-refractivity contribution is 7.15. The average molecular weight is 508 g/mol. The number of thiophene rings is 1. The number of hydrazone groups is 1. The molecule has 4 aromatic rings. The van der Waals surface area contributed by atoms with Crippen molar-refractivity contribution in [3.05, 3.63) is 69.0 Å². The van der Waals surface area contributed by atoms with Gasteiger partial charge in [-0.05, 0) is 77.4 Å². The summed E-state index contributed by atoms with van der Waals surface area (Å²) in [4.78, 5) is 26.3. The molecule has 0 atom stereocenters. The van der Waals surface area contributed by atoms with Crippen LogP contribution in [0.4, 0.5) is 0 Å². The lowest BCUT2D eigenvalue weighted by atomic mass is 10.1. The Balaban J connectivity index is 1.56. The largest absolute Gasteiger partial charge is 0.494 e. The zero-order chi connectivity index (χ0) is 26.0. The van der Waals surface area contributed by atoms with Gasteiger partial charge in [-0.1, -0.05) is 0 Å². The van der Waals surface area contributed by atoms with Crippen LogP contribution in [0.5, 0.6) is 5.75 Å². The van der Waals surface area contributed by atoms with Gasteiger partial charge in [-0.2, -0.15) is 5.10 Å². The normalized spacial score (nSPS) is 11.4. The number of carbonyl (C=O) groups excluding carboxylic acids is 2. The summed E-state index contributed by atoms with van der Waals surface area (Å²) in [5.41, 5.74) is 7.27. The van der Waals surface area contributed by atoms with Crippen molar-refractivity contribution in [1.82, 2.24) is 9.99 Å². The van der Waals surface area contributed by atoms with Crippen LogP contribution in [0.1, 0.15) is 62.2 Å². The number of hydrogen-bond acceptors (Lipinski definition) is 7. The molecule has 9 heteroatoms. The second-order valence-electron chi connectivity index (χ2n) is 8.29. The molecule has 0 aliphatic heterocycles. The number of benzene rings is 1. The lowest BCUT2D eigenvalue weighted by Crippen LogP contribution is -2.16. The molecular weight excluding hydrogens is 478 g/mol. The van der Waals surface area contributed by atoms with Gasteiger partial charge in [0.15, 0.2) is 5.76 Å². The summed E-state index contributed by atoms with van der Waals surface area (Å²) in [5.74, 6) is 0.0881. The molecule has 0 saturated heterocycles. The van der Waals surface area contributed by atoms with E-state index in [0.717, 1.165) is 37.8 Å². The minimum Gasteiger partial charge on any atom is -0.494 e. The number of amides is 1. The molecule has 188 valence electrons. The standard InChI is InChI=1S/C27H29N3O5S/c1-7-33-21-9-10-22-19(12-21)13-23(35-22)25(31)29-28-14-20-11-15(3)30(17(20)5)26-24(27(32)34-8-2)16(4)18(6)36-26/h9-14H,7-8H2,1-6H3,(H,29,31)/b28-14+. The van der Waals surface area contributed by atoms with Crippen LogP contribution < -0.4 is 10.2 Å². The first-order chi connectivity index (χ1) is 17.2. The number of fused-ring (bicyclic) bond motifs is 1. The third-order valence-electron chi connectivity index (χ3n) is 5.91. The number of aryl methyl sites for hydroxylation is 2. The molecule has 1 amide bonds. The summed E-state index contributed by atoms with van der Waals surface area (Å²) < 4.78 is 18.5. The lowest BCUT2D eigenvalue weighted by molar-refractivity contribution is 0.0526. The van der Waals surface area contributed by atoms with E-state index in [0.29, 0.717) is 30.1 Å². The van der Waals surface area contributed by atoms with Crippen LogP contribution >= 0.6 is 11.3 Å². The Bertz CT molecular complexity index is 1470. The van der Waals surface area contributed by atoms with E-state index < -0.39 is 5.91 Å². The first-order valence-corrected chi connectivity index (χ1v) is 12.5. The molecule has 36 heavy (non-hydrogen) atoms. The molecule has 3 aromatic heterocycles. The Hall–Kier alpha value is -3.85. The molecule has 0 radical (unpaired) electrons. The third-order valence-corrected chi connectivity index (χ3v) is 7.10. The molecule has 8 nitrogen and oxygen atoms in total. The highest BCUT2D eigenvalue weighted by Gasteiger charge is 2.24. The lowest BCUT2D eigenvalue weighted by Gasteiger charge is -2.10. The van der Waals surface area contributed by atoms with Gasteiger partial charge in [-0.15, -0.1) is 11.3 Å². The van der Waals surface area contributed by atoms with Crippen molar-refractivity contribution in [3.8, 4) is 10.8 Å². The fraction of sp³-hybridized carbons (Fsp3) is 0.296. The molecule has 3 heterocycles. The number of furan rings is 1. The molecule has 0 saturated carbocycles. The minimum atomic E-state index is -0.455. The molecule has 1 aromatic carbocycles. The monoisotopic (exact) mass is 507 g/mol. The minimum absolute atomic E-state index is 0.157. The van der Waals surface area contributed by atoms with Gasteiger partial charge in [-0.3, -0.25) is 4.79 Å². The van der Waals surface area contributed by atoms with E-state index in [1.165, 1.54) is 0 Å². The van der Waals surface area contributed by atoms with Crippen molar-refractivity contribution in [2.45, 2.75) is 41.5 Å². The molecule has 0 unspecified atom stereocenters. The maximum Gasteiger partial charge on any atom is 0.341 e. The molecule has 0 aliphatic rings. The Morgan fingerprint density at radius 1 is 1.11 bits per heavy atom. The highest BCUT2D eigenvalue weighted by Crippen LogP contribution is 2.34. The van der Waals surface area contributed by atoms with E-state index >= 15 is 0 Å². The number of aromatic nitrogens is 1. The van der Waals surface area contributed by atoms with Gasteiger partial charge in [0.25, 0.3) is 0 Å². The number of hydrogen-bond donors (Lipinski definition) is 1. The van der Waals surface area contributed by atoms with Gasteiger partial charge in [-0.25, -0.2) is 10.2 Å². The van der Waals surface area contributed by atoms with Crippen LogP contribution in [0.15, 0.2) is 39.9 Å². The summed E-state index contributed by atoms with van der Waals surface area (Å²) in [7, 11) is 0. The third kappa shape index (κ3) is 4.79. The fourth-order valence-electron chi connectivity index (χ4n) is 4.05. The Morgan fingerprint density at radius 3 is 2.61 bits per heavy atom. The van der Waals surface area contributed by atoms with E-state index in [-0.39, 0.29) is 11.7 Å². The zero-order valence-electron chi connectivity index (χ0n) is 21.2. The number of carbonyl (C=O) groups is 2. The molecular formula is C27H29N3O5S. The predicted octanol–water partition coefficient (Wildman–Crippen LogP) is 5.86. The van der Waals surface area contributed by atoms with Gasteiger partial charge in [0.05, 0.1) is 25.0 Å². The van der Waals surface area contributed by atoms with Crippen molar-refractivity contribution >= 4 is 40.4 Å². The number of ether oxygens (including phenoxy) is 2. The number of nitrogens with zero attached hydrogens (tertiary/aromatic N) is 2. The van der Waals surface area contributed by atoms with E-state index in [2.05, 4.69) is 10.5 Å². The molecule has 0 bridgehead atoms. The van der Waals surface area contributed by atoms with Gasteiger partial charge >= 0.3 is 11.9 Å². The van der Waals surface area contributed by atoms with Crippen LogP contribution in [-0.2, 0) is 4.74 Å². The second kappa shape index (κ2) is 10.4. The van der Waals surface area contributed by atoms with Gasteiger partial charge in [0.2, 0.25) is 0 Å². The topological polar surface area (TPSA) is 95.1 Å². The summed E-state index contributed by atoms with van der Waals surface area (Å²) in [5, 5.41) is 5.73. The maximum atomic E-state index is 12.7. The van der Waals surface area contributed by atoms with Crippen LogP contribution in [-0.4, -0.2) is 35.9 Å². The SMILES string of the molecule is CCOC(=O)c1c(-n2c(C)cc(/C=N/NC(=O)c3cc4cc(OCC)ccc4o3)c2C)sc(C)c1C. The summed E-state index contributed by atoms with van der Waals surface area (Å²) in [6.45, 7) is 12.4. The van der Waals surface area contributed by atoms with Crippen LogP contribution in [0.2, 0.25) is 0 Å². The van der Waals surface area contributed by atoms with E-state index in [9.17, 15) is 9.59 Å². The summed E-state index contributed by atoms with van der Waals surface area (Å²) >= 11 is 1.55. The van der Waals surface area contributed by atoms with Crippen molar-refractivity contribution in [2.24, 2.45) is 5.10 Å². The quantitative estimate of drug-likeness (QED) is 0.183. The summed E-state index contributed by atoms with van der Waals surface area (Å²) in [6.07, 6.45) is 1.59. The molecule has 0 fully saturated rings. The Morgan fingerprint density at radius 2 is 1.89 bits per heavy atom. The van der Waals surface area contributed by atoms with E-state index in [4.69, 9.17) is 13.9 Å². The number of nitrogens with one attached hydrogen (secondary N) is 1. The molecule has 0 aliphatic carbocycles. The van der Waals surface area contributed by atoms with Crippen molar-refractivity contribution in [2.75, 3.05) is 13.2 Å². The van der Waals surface area contributed by atoms with Crippen molar-refractivity contribution in [3.63, 3.8) is 0 Å². The molecule has 4 rings (SSSR count). The van der Waals surface area contributed by atoms with Crippen molar-refractivity contribution in [1.29, 1.82) is 0 Å². The Kier molecular flexibility index (Phi) is 7.30. The smallest absolute Gasteiger partial charge is 0.341 e. The summed E-state index contributed by atoms with van der Waals surface area (Å²) in [6, 6.07) is 9.02. The maximum absolute atomic E-state index is 12.7. The van der Waals surface area contributed by atoms with Gasteiger partial charge < -0.3 is 18.5 Å². The van der Waals surface area contributed by atoms with E-state index in [1.807, 2.05) is 51.3 Å². The highest BCUT2D eigenvalue weighted by atomic mass is 32.1. The Labute approximate surface area is 213 Å². The number of rotatable bonds is 8. The predicted molar refractivity (Wildman–Crippen MR) is 141 cm³/mol. The van der Waals surface area contributed by atoms with Crippen LogP contribution in [0.25, 0.3) is 16.0 Å². The molecule has 1 N–H and O–H groups in total. The van der Waals surface area contributed by atoms with Crippen molar-refractivity contribution < 1.29 is 23.5 Å². The first-order valence-electron chi connectivity index (χ1n) is 11.7.